The fourth-order valence-corrected chi connectivity index (χ4v) is 6.89. The summed E-state index contributed by atoms with van der Waals surface area (Å²) in [5, 5.41) is 15.1. The lowest BCUT2D eigenvalue weighted by Crippen LogP contribution is -2.50. The van der Waals surface area contributed by atoms with Gasteiger partial charge in [0, 0.05) is 32.1 Å². The minimum Gasteiger partial charge on any atom is -0.454 e. The highest BCUT2D eigenvalue weighted by atomic mass is 16.7. The first-order valence-electron chi connectivity index (χ1n) is 13.8. The van der Waals surface area contributed by atoms with Gasteiger partial charge in [0.2, 0.25) is 6.79 Å². The number of hydrogen-bond acceptors (Lipinski definition) is 5. The summed E-state index contributed by atoms with van der Waals surface area (Å²) in [6, 6.07) is 15.8. The molecule has 2 aromatic rings. The number of carbonyl (C=O) groups excluding carboxylic acids is 1. The van der Waals surface area contributed by atoms with Gasteiger partial charge in [-0.2, -0.15) is 0 Å². The van der Waals surface area contributed by atoms with Crippen molar-refractivity contribution < 1.29 is 19.4 Å². The summed E-state index contributed by atoms with van der Waals surface area (Å²) in [5.41, 5.74) is 0.578. The lowest BCUT2D eigenvalue weighted by Gasteiger charge is -2.35. The van der Waals surface area contributed by atoms with Crippen LogP contribution in [0.5, 0.6) is 11.5 Å². The summed E-state index contributed by atoms with van der Waals surface area (Å²) in [7, 11) is 0. The number of nitrogens with zero attached hydrogens (tertiary/aromatic N) is 1. The predicted octanol–water partition coefficient (Wildman–Crippen LogP) is 4.11. The highest BCUT2D eigenvalue weighted by Crippen LogP contribution is 2.51. The van der Waals surface area contributed by atoms with E-state index in [1.807, 2.05) is 36.4 Å². The number of aliphatic hydroxyl groups is 1. The van der Waals surface area contributed by atoms with Crippen molar-refractivity contribution in [1.29, 1.82) is 0 Å². The smallest absolute Gasteiger partial charge is 0.256 e. The molecular weight excluding hydrogens is 452 g/mol. The zero-order valence-electron chi connectivity index (χ0n) is 21.0. The molecule has 3 fully saturated rings. The van der Waals surface area contributed by atoms with E-state index in [1.165, 1.54) is 18.4 Å². The zero-order chi connectivity index (χ0) is 24.5. The number of amides is 1. The van der Waals surface area contributed by atoms with Crippen molar-refractivity contribution >= 4 is 5.91 Å². The molecular formula is C30H38N2O4. The number of ether oxygens (including phenoxy) is 2. The van der Waals surface area contributed by atoms with Crippen LogP contribution in [0.4, 0.5) is 0 Å². The van der Waals surface area contributed by atoms with E-state index in [1.54, 1.807) is 0 Å². The van der Waals surface area contributed by atoms with E-state index in [4.69, 9.17) is 9.47 Å². The molecule has 2 saturated carbocycles. The van der Waals surface area contributed by atoms with Crippen LogP contribution < -0.4 is 14.8 Å². The molecule has 2 aliphatic heterocycles. The Labute approximate surface area is 214 Å². The standard InChI is InChI=1S/C30H38N2O4/c33-29(30(34,23-10-6-3-7-11-23)22-8-4-1-2-5-9-22)31-17-24-25-18-32(19-26(24)25)15-14-21-12-13-27-28(16-21)36-20-35-27/h3,6-7,10-13,16,22,24-26,34H,1-2,4-5,8-9,14-15,17-20H2,(H,31,33). The minimum absolute atomic E-state index is 0.0206. The number of hydrogen-bond donors (Lipinski definition) is 2. The molecule has 36 heavy (non-hydrogen) atoms. The van der Waals surface area contributed by atoms with Gasteiger partial charge in [-0.1, -0.05) is 62.1 Å². The van der Waals surface area contributed by atoms with E-state index < -0.39 is 5.60 Å². The van der Waals surface area contributed by atoms with Crippen LogP contribution >= 0.6 is 0 Å². The van der Waals surface area contributed by atoms with Crippen molar-refractivity contribution in [2.24, 2.45) is 23.7 Å². The normalized spacial score (nSPS) is 27.2. The molecule has 6 heteroatoms. The highest BCUT2D eigenvalue weighted by molar-refractivity contribution is 5.86. The predicted molar refractivity (Wildman–Crippen MR) is 138 cm³/mol. The number of likely N-dealkylation sites (tertiary alicyclic amines) is 1. The fraction of sp³-hybridized carbons (Fsp3) is 0.567. The van der Waals surface area contributed by atoms with Crippen LogP contribution in [0.2, 0.25) is 0 Å². The second kappa shape index (κ2) is 10.1. The summed E-state index contributed by atoms with van der Waals surface area (Å²) < 4.78 is 10.9. The van der Waals surface area contributed by atoms with Crippen molar-refractivity contribution in [3.63, 3.8) is 0 Å². The van der Waals surface area contributed by atoms with Crippen LogP contribution in [0.25, 0.3) is 0 Å². The van der Waals surface area contributed by atoms with Gasteiger partial charge < -0.3 is 24.8 Å². The number of benzene rings is 2. The van der Waals surface area contributed by atoms with Gasteiger partial charge in [-0.3, -0.25) is 4.79 Å². The quantitative estimate of drug-likeness (QED) is 0.545. The molecule has 0 aromatic heterocycles. The van der Waals surface area contributed by atoms with Crippen LogP contribution in [-0.4, -0.2) is 48.9 Å². The SMILES string of the molecule is O=C(NCC1C2CN(CCc3ccc4c(c3)OCO4)CC12)C(O)(c1ccccc1)C1CCCCCC1. The lowest BCUT2D eigenvalue weighted by molar-refractivity contribution is -0.148. The second-order valence-electron chi connectivity index (χ2n) is 11.2. The Hall–Kier alpha value is -2.57. The molecule has 1 saturated heterocycles. The Bertz CT molecular complexity index is 1060. The third-order valence-corrected chi connectivity index (χ3v) is 9.11. The number of piperidine rings is 1. The molecule has 3 unspecified atom stereocenters. The first kappa shape index (κ1) is 23.8. The molecule has 192 valence electrons. The van der Waals surface area contributed by atoms with Gasteiger partial charge in [-0.25, -0.2) is 0 Å². The second-order valence-corrected chi connectivity index (χ2v) is 11.2. The number of nitrogens with one attached hydrogen (secondary N) is 1. The molecule has 6 rings (SSSR count). The third kappa shape index (κ3) is 4.61. The Balaban J connectivity index is 1.01. The Morgan fingerprint density at radius 2 is 1.69 bits per heavy atom. The first-order chi connectivity index (χ1) is 17.6. The Morgan fingerprint density at radius 1 is 0.972 bits per heavy atom. The summed E-state index contributed by atoms with van der Waals surface area (Å²) >= 11 is 0. The summed E-state index contributed by atoms with van der Waals surface area (Å²) in [6.45, 7) is 4.23. The van der Waals surface area contributed by atoms with E-state index in [9.17, 15) is 9.90 Å². The van der Waals surface area contributed by atoms with E-state index in [0.29, 0.717) is 31.1 Å². The van der Waals surface area contributed by atoms with Crippen LogP contribution in [0, 0.1) is 23.7 Å². The van der Waals surface area contributed by atoms with E-state index in [0.717, 1.165) is 68.8 Å². The average Bonchev–Trinajstić information content (AvgIpc) is 3.18. The molecule has 0 radical (unpaired) electrons. The van der Waals surface area contributed by atoms with Gasteiger partial charge in [0.1, 0.15) is 0 Å². The van der Waals surface area contributed by atoms with Crippen LogP contribution in [-0.2, 0) is 16.8 Å². The van der Waals surface area contributed by atoms with Crippen LogP contribution in [0.3, 0.4) is 0 Å². The maximum absolute atomic E-state index is 13.5. The van der Waals surface area contributed by atoms with Crippen molar-refractivity contribution in [3.05, 3.63) is 59.7 Å². The Morgan fingerprint density at radius 3 is 2.44 bits per heavy atom. The largest absolute Gasteiger partial charge is 0.454 e. The minimum atomic E-state index is -1.44. The van der Waals surface area contributed by atoms with Gasteiger partial charge in [-0.05, 0) is 60.3 Å². The molecule has 0 bridgehead atoms. The summed E-state index contributed by atoms with van der Waals surface area (Å²) in [4.78, 5) is 16.1. The number of rotatable bonds is 8. The van der Waals surface area contributed by atoms with E-state index in [-0.39, 0.29) is 11.8 Å². The topological polar surface area (TPSA) is 71.0 Å². The lowest BCUT2D eigenvalue weighted by atomic mass is 9.76. The summed E-state index contributed by atoms with van der Waals surface area (Å²) in [5.74, 6) is 3.31. The molecule has 2 aliphatic carbocycles. The van der Waals surface area contributed by atoms with Crippen molar-refractivity contribution in [2.75, 3.05) is 33.0 Å². The van der Waals surface area contributed by atoms with Crippen molar-refractivity contribution in [2.45, 2.75) is 50.5 Å². The molecule has 4 aliphatic rings. The third-order valence-electron chi connectivity index (χ3n) is 9.11. The molecule has 6 nitrogen and oxygen atoms in total. The molecule has 1 amide bonds. The molecule has 0 spiro atoms. The van der Waals surface area contributed by atoms with Gasteiger partial charge >= 0.3 is 0 Å². The molecule has 3 atom stereocenters. The van der Waals surface area contributed by atoms with Crippen LogP contribution in [0.1, 0.15) is 49.7 Å². The monoisotopic (exact) mass is 490 g/mol. The summed E-state index contributed by atoms with van der Waals surface area (Å²) in [6.07, 6.45) is 7.38. The van der Waals surface area contributed by atoms with Crippen molar-refractivity contribution in [1.82, 2.24) is 10.2 Å². The first-order valence-corrected chi connectivity index (χ1v) is 13.8. The molecule has 2 heterocycles. The van der Waals surface area contributed by atoms with Gasteiger partial charge in [0.25, 0.3) is 5.91 Å². The highest BCUT2D eigenvalue weighted by Gasteiger charge is 2.55. The van der Waals surface area contributed by atoms with Crippen LogP contribution in [0.15, 0.2) is 48.5 Å². The maximum atomic E-state index is 13.5. The number of fused-ring (bicyclic) bond motifs is 2. The van der Waals surface area contributed by atoms with Gasteiger partial charge in [-0.15, -0.1) is 0 Å². The van der Waals surface area contributed by atoms with Gasteiger partial charge in [0.05, 0.1) is 0 Å². The maximum Gasteiger partial charge on any atom is 0.256 e. The van der Waals surface area contributed by atoms with E-state index in [2.05, 4.69) is 22.3 Å². The van der Waals surface area contributed by atoms with E-state index >= 15 is 0 Å². The fourth-order valence-electron chi connectivity index (χ4n) is 6.89. The van der Waals surface area contributed by atoms with Crippen molar-refractivity contribution in [3.8, 4) is 11.5 Å². The molecule has 2 N–H and O–H groups in total. The number of carbonyl (C=O) groups is 1. The zero-order valence-corrected chi connectivity index (χ0v) is 21.0. The van der Waals surface area contributed by atoms with Gasteiger partial charge in [0.15, 0.2) is 17.1 Å². The average molecular weight is 491 g/mol. The Kier molecular flexibility index (Phi) is 6.65. The molecule has 2 aromatic carbocycles.